The molecule has 0 spiro atoms. The average molecular weight is 203 g/mol. The molecule has 0 radical (unpaired) electrons. The predicted octanol–water partition coefficient (Wildman–Crippen LogP) is 3.15. The fourth-order valence-electron chi connectivity index (χ4n) is 2.56. The van der Waals surface area contributed by atoms with Crippen LogP contribution >= 0.6 is 0 Å². The highest BCUT2D eigenvalue weighted by molar-refractivity contribution is 5.34. The zero-order valence-electron chi connectivity index (χ0n) is 9.79. The number of aryl methyl sites for hydroxylation is 2. The summed E-state index contributed by atoms with van der Waals surface area (Å²) in [5.41, 5.74) is 10.1. The van der Waals surface area contributed by atoms with Crippen molar-refractivity contribution in [2.75, 3.05) is 6.54 Å². The Hall–Kier alpha value is -0.820. The molecule has 1 fully saturated rings. The second kappa shape index (κ2) is 4.36. The monoisotopic (exact) mass is 203 g/mol. The molecule has 0 bridgehead atoms. The van der Waals surface area contributed by atoms with Gasteiger partial charge in [0.15, 0.2) is 0 Å². The lowest BCUT2D eigenvalue weighted by Crippen LogP contribution is -2.10. The van der Waals surface area contributed by atoms with Gasteiger partial charge in [-0.3, -0.25) is 0 Å². The average Bonchev–Trinajstić information content (AvgIpc) is 2.98. The van der Waals surface area contributed by atoms with E-state index in [2.05, 4.69) is 32.0 Å². The maximum Gasteiger partial charge on any atom is -0.00713 e. The van der Waals surface area contributed by atoms with Crippen LogP contribution in [0.5, 0.6) is 0 Å². The van der Waals surface area contributed by atoms with E-state index in [9.17, 15) is 0 Å². The summed E-state index contributed by atoms with van der Waals surface area (Å²) < 4.78 is 0. The molecule has 0 amide bonds. The maximum absolute atomic E-state index is 5.71. The highest BCUT2D eigenvalue weighted by Gasteiger charge is 2.32. The second-order valence-electron chi connectivity index (χ2n) is 4.88. The normalized spacial score (nSPS) is 17.8. The summed E-state index contributed by atoms with van der Waals surface area (Å²) in [5, 5.41) is 0. The van der Waals surface area contributed by atoms with Crippen molar-refractivity contribution in [1.82, 2.24) is 0 Å². The van der Waals surface area contributed by atoms with E-state index in [-0.39, 0.29) is 0 Å². The predicted molar refractivity (Wildman–Crippen MR) is 65.1 cm³/mol. The Kier molecular flexibility index (Phi) is 3.11. The van der Waals surface area contributed by atoms with Crippen molar-refractivity contribution in [2.45, 2.75) is 39.0 Å². The minimum atomic E-state index is 0.718. The van der Waals surface area contributed by atoms with E-state index in [4.69, 9.17) is 5.73 Å². The van der Waals surface area contributed by atoms with Crippen LogP contribution in [0.2, 0.25) is 0 Å². The number of hydrogen-bond donors (Lipinski definition) is 1. The lowest BCUT2D eigenvalue weighted by Gasteiger charge is -2.18. The SMILES string of the molecule is Cc1ccc(C(CCN)C2CC2)c(C)c1. The van der Waals surface area contributed by atoms with Gasteiger partial charge in [0.1, 0.15) is 0 Å². The highest BCUT2D eigenvalue weighted by atomic mass is 14.5. The first kappa shape index (κ1) is 10.7. The van der Waals surface area contributed by atoms with Crippen LogP contribution in [0.25, 0.3) is 0 Å². The molecule has 0 aliphatic heterocycles. The first-order valence-electron chi connectivity index (χ1n) is 5.99. The molecule has 1 aromatic rings. The molecular weight excluding hydrogens is 182 g/mol. The Balaban J connectivity index is 2.24. The fourth-order valence-corrected chi connectivity index (χ4v) is 2.56. The Morgan fingerprint density at radius 3 is 2.60 bits per heavy atom. The third-order valence-corrected chi connectivity index (χ3v) is 3.49. The molecule has 1 saturated carbocycles. The van der Waals surface area contributed by atoms with Crippen LogP contribution in [0.3, 0.4) is 0 Å². The lowest BCUT2D eigenvalue weighted by atomic mass is 9.87. The van der Waals surface area contributed by atoms with E-state index in [0.29, 0.717) is 0 Å². The van der Waals surface area contributed by atoms with E-state index in [1.165, 1.54) is 29.5 Å². The largest absolute Gasteiger partial charge is 0.330 e. The van der Waals surface area contributed by atoms with Gasteiger partial charge in [0.25, 0.3) is 0 Å². The quantitative estimate of drug-likeness (QED) is 0.799. The van der Waals surface area contributed by atoms with E-state index in [1.807, 2.05) is 0 Å². The smallest absolute Gasteiger partial charge is 0.00713 e. The zero-order chi connectivity index (χ0) is 10.8. The van der Waals surface area contributed by atoms with Gasteiger partial charge >= 0.3 is 0 Å². The van der Waals surface area contributed by atoms with Gasteiger partial charge < -0.3 is 5.73 Å². The van der Waals surface area contributed by atoms with Crippen LogP contribution in [0, 0.1) is 19.8 Å². The molecule has 0 heterocycles. The van der Waals surface area contributed by atoms with Crippen molar-refractivity contribution >= 4 is 0 Å². The summed E-state index contributed by atoms with van der Waals surface area (Å²) in [7, 11) is 0. The lowest BCUT2D eigenvalue weighted by molar-refractivity contribution is 0.563. The van der Waals surface area contributed by atoms with E-state index in [0.717, 1.165) is 24.8 Å². The minimum Gasteiger partial charge on any atom is -0.330 e. The summed E-state index contributed by atoms with van der Waals surface area (Å²) in [6.07, 6.45) is 3.95. The Morgan fingerprint density at radius 2 is 2.07 bits per heavy atom. The Bertz CT molecular complexity index is 339. The molecule has 1 aromatic carbocycles. The van der Waals surface area contributed by atoms with Crippen molar-refractivity contribution in [3.8, 4) is 0 Å². The molecule has 1 unspecified atom stereocenters. The first-order chi connectivity index (χ1) is 7.22. The van der Waals surface area contributed by atoms with Crippen molar-refractivity contribution < 1.29 is 0 Å². The summed E-state index contributed by atoms with van der Waals surface area (Å²) in [5.74, 6) is 1.63. The summed E-state index contributed by atoms with van der Waals surface area (Å²) >= 11 is 0. The fraction of sp³-hybridized carbons (Fsp3) is 0.571. The molecule has 0 aromatic heterocycles. The third-order valence-electron chi connectivity index (χ3n) is 3.49. The van der Waals surface area contributed by atoms with Crippen molar-refractivity contribution in [3.63, 3.8) is 0 Å². The Labute approximate surface area is 92.7 Å². The van der Waals surface area contributed by atoms with E-state index < -0.39 is 0 Å². The van der Waals surface area contributed by atoms with Crippen molar-refractivity contribution in [2.24, 2.45) is 11.7 Å². The van der Waals surface area contributed by atoms with Crippen molar-refractivity contribution in [3.05, 3.63) is 34.9 Å². The molecular formula is C14H21N. The highest BCUT2D eigenvalue weighted by Crippen LogP contribution is 2.45. The number of hydrogen-bond acceptors (Lipinski definition) is 1. The van der Waals surface area contributed by atoms with Gasteiger partial charge in [-0.25, -0.2) is 0 Å². The van der Waals surface area contributed by atoms with Gasteiger partial charge in [0, 0.05) is 0 Å². The molecule has 15 heavy (non-hydrogen) atoms. The standard InChI is InChI=1S/C14H21N/c1-10-3-6-13(11(2)9-10)14(7-8-15)12-4-5-12/h3,6,9,12,14H,4-5,7-8,15H2,1-2H3. The van der Waals surface area contributed by atoms with E-state index >= 15 is 0 Å². The molecule has 1 atom stereocenters. The van der Waals surface area contributed by atoms with Crippen LogP contribution in [0.1, 0.15) is 41.9 Å². The third kappa shape index (κ3) is 2.40. The van der Waals surface area contributed by atoms with Gasteiger partial charge in [0.05, 0.1) is 0 Å². The molecule has 1 aliphatic rings. The molecule has 2 rings (SSSR count). The Morgan fingerprint density at radius 1 is 1.33 bits per heavy atom. The van der Waals surface area contributed by atoms with E-state index in [1.54, 1.807) is 0 Å². The number of benzene rings is 1. The summed E-state index contributed by atoms with van der Waals surface area (Å²) in [6.45, 7) is 5.20. The first-order valence-corrected chi connectivity index (χ1v) is 5.99. The van der Waals surface area contributed by atoms with Crippen LogP contribution in [-0.2, 0) is 0 Å². The molecule has 1 nitrogen and oxygen atoms in total. The van der Waals surface area contributed by atoms with Gasteiger partial charge in [0.2, 0.25) is 0 Å². The maximum atomic E-state index is 5.71. The molecule has 2 N–H and O–H groups in total. The molecule has 1 aliphatic carbocycles. The van der Waals surface area contributed by atoms with Crippen LogP contribution in [0.15, 0.2) is 18.2 Å². The number of rotatable bonds is 4. The van der Waals surface area contributed by atoms with Crippen LogP contribution in [0.4, 0.5) is 0 Å². The zero-order valence-corrected chi connectivity index (χ0v) is 9.79. The topological polar surface area (TPSA) is 26.0 Å². The van der Waals surface area contributed by atoms with Gasteiger partial charge in [-0.15, -0.1) is 0 Å². The van der Waals surface area contributed by atoms with Crippen LogP contribution < -0.4 is 5.73 Å². The van der Waals surface area contributed by atoms with Gasteiger partial charge in [-0.2, -0.15) is 0 Å². The minimum absolute atomic E-state index is 0.718. The second-order valence-corrected chi connectivity index (χ2v) is 4.88. The van der Waals surface area contributed by atoms with Gasteiger partial charge in [-0.1, -0.05) is 23.8 Å². The molecule has 82 valence electrons. The number of nitrogens with two attached hydrogens (primary N) is 1. The molecule has 1 heteroatoms. The van der Waals surface area contributed by atoms with Gasteiger partial charge in [-0.05, 0) is 62.6 Å². The summed E-state index contributed by atoms with van der Waals surface area (Å²) in [4.78, 5) is 0. The van der Waals surface area contributed by atoms with Crippen molar-refractivity contribution in [1.29, 1.82) is 0 Å². The van der Waals surface area contributed by atoms with Crippen LogP contribution in [-0.4, -0.2) is 6.54 Å². The molecule has 0 saturated heterocycles. The summed E-state index contributed by atoms with van der Waals surface area (Å²) in [6, 6.07) is 6.83.